The van der Waals surface area contributed by atoms with Crippen LogP contribution in [0.15, 0.2) is 60.8 Å². The van der Waals surface area contributed by atoms with Gasteiger partial charge in [0.05, 0.1) is 48.9 Å². The highest BCUT2D eigenvalue weighted by molar-refractivity contribution is 7.18. The molecule has 5 aromatic rings. The zero-order valence-corrected chi connectivity index (χ0v) is 28.3. The van der Waals surface area contributed by atoms with E-state index in [1.165, 1.54) is 30.6 Å². The number of benzene rings is 1. The number of amides is 1. The number of methoxy groups -OCH3 is 1. The lowest BCUT2D eigenvalue weighted by Crippen LogP contribution is -2.46. The fourth-order valence-corrected chi connectivity index (χ4v) is 7.56. The molecule has 1 atom stereocenters. The van der Waals surface area contributed by atoms with Crippen molar-refractivity contribution in [3.05, 3.63) is 78.1 Å². The van der Waals surface area contributed by atoms with Crippen molar-refractivity contribution in [3.8, 4) is 45.3 Å². The van der Waals surface area contributed by atoms with Crippen molar-refractivity contribution in [2.24, 2.45) is 5.92 Å². The van der Waals surface area contributed by atoms with Gasteiger partial charge in [0.25, 0.3) is 0 Å². The van der Waals surface area contributed by atoms with E-state index in [2.05, 4.69) is 23.5 Å². The molecular weight excluding hydrogens is 650 g/mol. The Hall–Kier alpha value is -4.72. The maximum atomic E-state index is 16.1. The first kappa shape index (κ1) is 32.8. The number of pyridine rings is 2. The average Bonchev–Trinajstić information content (AvgIpc) is 3.74. The summed E-state index contributed by atoms with van der Waals surface area (Å²) in [5.74, 6) is -0.626. The van der Waals surface area contributed by atoms with E-state index in [4.69, 9.17) is 24.3 Å². The lowest BCUT2D eigenvalue weighted by Gasteiger charge is -2.35. The van der Waals surface area contributed by atoms with Crippen LogP contribution >= 0.6 is 11.3 Å². The van der Waals surface area contributed by atoms with Crippen LogP contribution in [0, 0.1) is 17.6 Å². The van der Waals surface area contributed by atoms with Crippen molar-refractivity contribution in [2.75, 3.05) is 53.6 Å². The number of likely N-dealkylation sites (tertiary alicyclic amines) is 1. The number of carbonyl (C=O) groups is 1. The molecule has 13 heteroatoms. The van der Waals surface area contributed by atoms with Gasteiger partial charge in [0.15, 0.2) is 0 Å². The van der Waals surface area contributed by atoms with Gasteiger partial charge in [0.1, 0.15) is 41.1 Å². The van der Waals surface area contributed by atoms with Gasteiger partial charge in [-0.25, -0.2) is 13.8 Å². The van der Waals surface area contributed by atoms with Crippen LogP contribution in [0.5, 0.6) is 11.5 Å². The molecule has 1 saturated heterocycles. The fourth-order valence-electron chi connectivity index (χ4n) is 6.61. The zero-order valence-electron chi connectivity index (χ0n) is 27.5. The molecule has 0 bridgehead atoms. The van der Waals surface area contributed by atoms with E-state index in [0.29, 0.717) is 58.7 Å². The Balaban J connectivity index is 1.41. The molecule has 49 heavy (non-hydrogen) atoms. The molecule has 2 aliphatic heterocycles. The van der Waals surface area contributed by atoms with Gasteiger partial charge in [-0.3, -0.25) is 14.5 Å². The number of carbonyl (C=O) groups excluding carboxylic acids is 1. The summed E-state index contributed by atoms with van der Waals surface area (Å²) < 4.78 is 50.5. The van der Waals surface area contributed by atoms with E-state index in [-0.39, 0.29) is 36.5 Å². The molecule has 0 radical (unpaired) electrons. The van der Waals surface area contributed by atoms with Crippen LogP contribution in [0.25, 0.3) is 43.9 Å². The predicted molar refractivity (Wildman–Crippen MR) is 184 cm³/mol. The van der Waals surface area contributed by atoms with E-state index >= 15 is 4.39 Å². The van der Waals surface area contributed by atoms with E-state index in [1.54, 1.807) is 17.3 Å². The lowest BCUT2D eigenvalue weighted by atomic mass is 9.96. The van der Waals surface area contributed by atoms with Gasteiger partial charge in [-0.2, -0.15) is 5.10 Å². The number of thiophene rings is 1. The number of rotatable bonds is 11. The minimum atomic E-state index is -0.795. The van der Waals surface area contributed by atoms with E-state index in [0.717, 1.165) is 35.8 Å². The van der Waals surface area contributed by atoms with Crippen molar-refractivity contribution in [1.82, 2.24) is 29.5 Å². The Bertz CT molecular complexity index is 2040. The molecule has 1 unspecified atom stereocenters. The second kappa shape index (κ2) is 13.7. The first-order valence-electron chi connectivity index (χ1n) is 16.1. The normalized spacial score (nSPS) is 16.4. The van der Waals surface area contributed by atoms with Crippen molar-refractivity contribution < 1.29 is 27.8 Å². The predicted octanol–water partition coefficient (Wildman–Crippen LogP) is 6.22. The Labute approximate surface area is 286 Å². The van der Waals surface area contributed by atoms with Crippen LogP contribution in [0.4, 0.5) is 8.78 Å². The van der Waals surface area contributed by atoms with Gasteiger partial charge < -0.3 is 24.0 Å². The smallest absolute Gasteiger partial charge is 0.246 e. The van der Waals surface area contributed by atoms with Crippen LogP contribution in [0.2, 0.25) is 0 Å². The summed E-state index contributed by atoms with van der Waals surface area (Å²) in [6, 6.07) is 7.45. The number of nitrogens with zero attached hydrogens (tertiary/aromatic N) is 6. The molecule has 254 valence electrons. The maximum absolute atomic E-state index is 16.1. The number of fused-ring (bicyclic) bond motifs is 2. The van der Waals surface area contributed by atoms with Crippen molar-refractivity contribution >= 4 is 27.3 Å². The maximum Gasteiger partial charge on any atom is 0.246 e. The minimum absolute atomic E-state index is 0.0267. The average molecular weight is 687 g/mol. The van der Waals surface area contributed by atoms with E-state index < -0.39 is 11.6 Å². The highest BCUT2D eigenvalue weighted by atomic mass is 32.1. The van der Waals surface area contributed by atoms with E-state index in [9.17, 15) is 9.18 Å². The summed E-state index contributed by atoms with van der Waals surface area (Å²) in [7, 11) is 3.61. The van der Waals surface area contributed by atoms with Crippen LogP contribution in [-0.4, -0.2) is 89.1 Å². The molecule has 4 aromatic heterocycles. The Morgan fingerprint density at radius 2 is 1.92 bits per heavy atom. The third kappa shape index (κ3) is 6.29. The van der Waals surface area contributed by atoms with Crippen LogP contribution in [0.1, 0.15) is 18.7 Å². The van der Waals surface area contributed by atoms with Crippen molar-refractivity contribution in [1.29, 1.82) is 0 Å². The molecule has 1 aromatic carbocycles. The van der Waals surface area contributed by atoms with E-state index in [1.807, 2.05) is 35.2 Å². The molecule has 0 saturated carbocycles. The molecule has 0 spiro atoms. The van der Waals surface area contributed by atoms with Gasteiger partial charge in [-0.15, -0.1) is 11.3 Å². The Morgan fingerprint density at radius 3 is 2.69 bits per heavy atom. The summed E-state index contributed by atoms with van der Waals surface area (Å²) in [4.78, 5) is 26.3. The molecule has 0 aliphatic carbocycles. The molecule has 1 amide bonds. The zero-order chi connectivity index (χ0) is 34.2. The van der Waals surface area contributed by atoms with Crippen LogP contribution in [0.3, 0.4) is 0 Å². The van der Waals surface area contributed by atoms with Crippen molar-refractivity contribution in [3.63, 3.8) is 0 Å². The SMILES string of the molecule is C=CC(=O)N1CCn2nc(-c3nc(-c4cncc(OCC5CN(C)C5)c4)c4ccsc4c3-c3c(F)cc(F)cc3OCCOC)cc2C1C. The molecule has 0 N–H and O–H groups in total. The molecule has 7 rings (SSSR count). The van der Waals surface area contributed by atoms with Crippen molar-refractivity contribution in [2.45, 2.75) is 19.5 Å². The largest absolute Gasteiger partial charge is 0.492 e. The summed E-state index contributed by atoms with van der Waals surface area (Å²) in [5, 5.41) is 7.61. The third-order valence-corrected chi connectivity index (χ3v) is 9.93. The molecule has 2 aliphatic rings. The second-order valence-corrected chi connectivity index (χ2v) is 13.3. The van der Waals surface area contributed by atoms with Gasteiger partial charge >= 0.3 is 0 Å². The Morgan fingerprint density at radius 1 is 1.08 bits per heavy atom. The topological polar surface area (TPSA) is 94.8 Å². The quantitative estimate of drug-likeness (QED) is 0.119. The summed E-state index contributed by atoms with van der Waals surface area (Å²) >= 11 is 1.41. The summed E-state index contributed by atoms with van der Waals surface area (Å²) in [6.07, 6.45) is 4.72. The number of aromatic nitrogens is 4. The first-order valence-corrected chi connectivity index (χ1v) is 16.9. The van der Waals surface area contributed by atoms with Gasteiger partial charge in [0, 0.05) is 72.2 Å². The van der Waals surface area contributed by atoms with Crippen LogP contribution in [-0.2, 0) is 16.1 Å². The van der Waals surface area contributed by atoms with Crippen LogP contribution < -0.4 is 9.47 Å². The summed E-state index contributed by atoms with van der Waals surface area (Å²) in [6.45, 7) is 9.36. The first-order chi connectivity index (χ1) is 23.7. The highest BCUT2D eigenvalue weighted by Crippen LogP contribution is 2.47. The highest BCUT2D eigenvalue weighted by Gasteiger charge is 2.31. The second-order valence-electron chi connectivity index (χ2n) is 12.3. The number of ether oxygens (including phenoxy) is 3. The molecular formula is C36H36F2N6O4S. The Kier molecular flexibility index (Phi) is 9.14. The minimum Gasteiger partial charge on any atom is -0.492 e. The standard InChI is InChI=1S/C36H36F2N6O4S/c1-5-31(45)43-7-8-44-29(21(43)2)15-28(41-44)35-33(32-27(38)13-24(37)14-30(32)47-10-9-46-4)36-26(6-11-49-36)34(40-35)23-12-25(17-39-16-23)48-20-22-18-42(3)19-22/h5-6,11-17,21-22H,1,7-10,18-20H2,2-4H3. The fraction of sp³-hybridized carbons (Fsp3) is 0.333. The van der Waals surface area contributed by atoms with Gasteiger partial charge in [0.2, 0.25) is 5.91 Å². The molecule has 1 fully saturated rings. The number of hydrogen-bond acceptors (Lipinski definition) is 9. The third-order valence-electron chi connectivity index (χ3n) is 8.99. The molecule has 6 heterocycles. The molecule has 10 nitrogen and oxygen atoms in total. The van der Waals surface area contributed by atoms with Gasteiger partial charge in [-0.05, 0) is 43.6 Å². The lowest BCUT2D eigenvalue weighted by molar-refractivity contribution is -0.129. The summed E-state index contributed by atoms with van der Waals surface area (Å²) in [5.41, 5.74) is 3.48. The number of halogens is 2. The van der Waals surface area contributed by atoms with Gasteiger partial charge in [-0.1, -0.05) is 6.58 Å². The number of hydrogen-bond donors (Lipinski definition) is 0. The monoisotopic (exact) mass is 686 g/mol.